The normalized spacial score (nSPS) is 28.2. The van der Waals surface area contributed by atoms with Crippen LogP contribution in [0.15, 0.2) is 36.9 Å². The summed E-state index contributed by atoms with van der Waals surface area (Å²) in [6, 6.07) is 4.45. The summed E-state index contributed by atoms with van der Waals surface area (Å²) in [6.45, 7) is 14.4. The highest BCUT2D eigenvalue weighted by Crippen LogP contribution is 2.29. The van der Waals surface area contributed by atoms with E-state index >= 15 is 0 Å². The molecule has 0 spiro atoms. The summed E-state index contributed by atoms with van der Waals surface area (Å²) in [4.78, 5) is 12.3. The molecule has 1 aliphatic rings. The molecule has 0 radical (unpaired) electrons. The molecule has 4 atom stereocenters. The number of allylic oxidation sites excluding steroid dienone is 1. The first kappa shape index (κ1) is 23.2. The molecule has 1 aromatic carbocycles. The molecule has 3 heteroatoms. The molecule has 4 unspecified atom stereocenters. The van der Waals surface area contributed by atoms with Crippen LogP contribution in [0.4, 0.5) is 0 Å². The van der Waals surface area contributed by atoms with Gasteiger partial charge in [0.15, 0.2) is 5.78 Å². The summed E-state index contributed by atoms with van der Waals surface area (Å²) in [5.41, 5.74) is 4.59. The fourth-order valence-electron chi connectivity index (χ4n) is 3.64. The average Bonchev–Trinajstić information content (AvgIpc) is 2.68. The molecular weight excluding hydrogens is 360 g/mol. The highest BCUT2D eigenvalue weighted by atomic mass is 16.5. The van der Waals surface area contributed by atoms with Crippen molar-refractivity contribution in [3.05, 3.63) is 59.2 Å². The minimum absolute atomic E-state index is 0.0178. The summed E-state index contributed by atoms with van der Waals surface area (Å²) in [5.74, 6) is 0.281. The van der Waals surface area contributed by atoms with E-state index in [0.29, 0.717) is 12.2 Å². The maximum absolute atomic E-state index is 12.3. The minimum Gasteiger partial charge on any atom is -0.490 e. The Morgan fingerprint density at radius 2 is 1.93 bits per heavy atom. The van der Waals surface area contributed by atoms with Crippen molar-refractivity contribution in [3.8, 4) is 0 Å². The van der Waals surface area contributed by atoms with E-state index in [1.165, 1.54) is 11.6 Å². The van der Waals surface area contributed by atoms with E-state index in [9.17, 15) is 9.90 Å². The molecule has 0 saturated carbocycles. The maximum atomic E-state index is 12.3. The number of carbonyl (C=O) groups excluding carboxylic acids is 1. The Hall–Kier alpha value is -2.13. The quantitative estimate of drug-likeness (QED) is 0.693. The lowest BCUT2D eigenvalue weighted by Gasteiger charge is -2.23. The van der Waals surface area contributed by atoms with Gasteiger partial charge in [0, 0.05) is 11.5 Å². The summed E-state index contributed by atoms with van der Waals surface area (Å²) < 4.78 is 6.17. The minimum atomic E-state index is -0.991. The molecular formula is C26H36O3. The number of hydrogen-bond acceptors (Lipinski definition) is 3. The molecule has 1 aliphatic heterocycles. The van der Waals surface area contributed by atoms with Crippen LogP contribution in [0.25, 0.3) is 11.8 Å². The van der Waals surface area contributed by atoms with Gasteiger partial charge in [0.05, 0.1) is 0 Å². The molecule has 0 saturated heterocycles. The molecule has 1 aromatic rings. The number of rotatable bonds is 3. The second-order valence-corrected chi connectivity index (χ2v) is 8.41. The smallest absolute Gasteiger partial charge is 0.184 e. The van der Waals surface area contributed by atoms with Gasteiger partial charge in [-0.25, -0.2) is 0 Å². The standard InChI is InChI=1S/C26H36O3/c1-7-8-11-22-15-19(4)25-21(6)29-20(5)17(2)13-14-24(27)26(28)18(3)10-9-12-23(25)16-22/h9,12-18,20,26,28H,6-8,10-11H2,1-5H3/b12-9+,14-13-. The fraction of sp³-hybridized carbons (Fsp3) is 0.500. The van der Waals surface area contributed by atoms with Crippen molar-refractivity contribution < 1.29 is 14.6 Å². The maximum Gasteiger partial charge on any atom is 0.184 e. The number of unbranched alkanes of at least 4 members (excludes halogenated alkanes) is 1. The molecule has 0 bridgehead atoms. The van der Waals surface area contributed by atoms with Gasteiger partial charge in [-0.05, 0) is 61.8 Å². The number of carbonyl (C=O) groups is 1. The van der Waals surface area contributed by atoms with E-state index in [2.05, 4.69) is 38.6 Å². The van der Waals surface area contributed by atoms with Crippen LogP contribution < -0.4 is 0 Å². The molecule has 0 amide bonds. The first-order chi connectivity index (χ1) is 13.7. The second kappa shape index (κ2) is 10.6. The summed E-state index contributed by atoms with van der Waals surface area (Å²) in [5, 5.41) is 10.4. The van der Waals surface area contributed by atoms with Crippen molar-refractivity contribution in [1.82, 2.24) is 0 Å². The van der Waals surface area contributed by atoms with E-state index in [-0.39, 0.29) is 23.7 Å². The molecule has 29 heavy (non-hydrogen) atoms. The van der Waals surface area contributed by atoms with Crippen molar-refractivity contribution >= 4 is 17.6 Å². The summed E-state index contributed by atoms with van der Waals surface area (Å²) in [6.07, 6.45) is 10.3. The number of aliphatic hydroxyl groups excluding tert-OH is 1. The van der Waals surface area contributed by atoms with Crippen LogP contribution in [-0.2, 0) is 16.0 Å². The zero-order valence-corrected chi connectivity index (χ0v) is 18.6. The summed E-state index contributed by atoms with van der Waals surface area (Å²) >= 11 is 0. The summed E-state index contributed by atoms with van der Waals surface area (Å²) in [7, 11) is 0. The Morgan fingerprint density at radius 3 is 2.62 bits per heavy atom. The predicted octanol–water partition coefficient (Wildman–Crippen LogP) is 5.89. The van der Waals surface area contributed by atoms with Gasteiger partial charge in [-0.3, -0.25) is 4.79 Å². The van der Waals surface area contributed by atoms with Gasteiger partial charge in [0.2, 0.25) is 0 Å². The topological polar surface area (TPSA) is 46.5 Å². The first-order valence-electron chi connectivity index (χ1n) is 10.8. The Balaban J connectivity index is 2.47. The lowest BCUT2D eigenvalue weighted by atomic mass is 9.92. The third-order valence-corrected chi connectivity index (χ3v) is 5.79. The Labute approximate surface area is 176 Å². The molecule has 2 rings (SSSR count). The monoisotopic (exact) mass is 396 g/mol. The fourth-order valence-corrected chi connectivity index (χ4v) is 3.64. The molecule has 0 aromatic heterocycles. The van der Waals surface area contributed by atoms with Crippen molar-refractivity contribution in [2.24, 2.45) is 11.8 Å². The van der Waals surface area contributed by atoms with E-state index in [1.54, 1.807) is 0 Å². The number of aryl methyl sites for hydroxylation is 2. The largest absolute Gasteiger partial charge is 0.490 e. The lowest BCUT2D eigenvalue weighted by Crippen LogP contribution is -2.26. The van der Waals surface area contributed by atoms with Crippen molar-refractivity contribution in [2.75, 3.05) is 0 Å². The highest BCUT2D eigenvalue weighted by Gasteiger charge is 2.21. The third-order valence-electron chi connectivity index (χ3n) is 5.79. The van der Waals surface area contributed by atoms with Crippen molar-refractivity contribution in [2.45, 2.75) is 72.5 Å². The Kier molecular flexibility index (Phi) is 8.45. The van der Waals surface area contributed by atoms with Crippen molar-refractivity contribution in [1.29, 1.82) is 0 Å². The third kappa shape index (κ3) is 6.17. The van der Waals surface area contributed by atoms with Gasteiger partial charge in [0.25, 0.3) is 0 Å². The molecule has 0 fully saturated rings. The van der Waals surface area contributed by atoms with Crippen molar-refractivity contribution in [3.63, 3.8) is 0 Å². The van der Waals surface area contributed by atoms with Gasteiger partial charge in [-0.1, -0.05) is 64.1 Å². The van der Waals surface area contributed by atoms with Crippen LogP contribution in [0.3, 0.4) is 0 Å². The number of aliphatic hydroxyl groups is 1. The Morgan fingerprint density at radius 1 is 1.21 bits per heavy atom. The van der Waals surface area contributed by atoms with Crippen LogP contribution in [0.1, 0.15) is 69.2 Å². The Bertz CT molecular complexity index is 787. The van der Waals surface area contributed by atoms with Crippen LogP contribution in [0.5, 0.6) is 0 Å². The van der Waals surface area contributed by atoms with E-state index < -0.39 is 6.10 Å². The van der Waals surface area contributed by atoms with Crippen LogP contribution >= 0.6 is 0 Å². The van der Waals surface area contributed by atoms with Crippen LogP contribution in [0, 0.1) is 18.8 Å². The van der Waals surface area contributed by atoms with Gasteiger partial charge in [-0.2, -0.15) is 0 Å². The highest BCUT2D eigenvalue weighted by molar-refractivity contribution is 5.93. The SMILES string of the molecule is C=C1OC(C)C(C)/C=C\C(=O)C(O)C(C)C/C=C/c2cc(CCCC)cc(C)c21. The molecule has 158 valence electrons. The van der Waals surface area contributed by atoms with Gasteiger partial charge >= 0.3 is 0 Å². The zero-order chi connectivity index (χ0) is 21.6. The predicted molar refractivity (Wildman–Crippen MR) is 122 cm³/mol. The number of benzene rings is 1. The number of fused-ring (bicyclic) bond motifs is 1. The number of hydrogen-bond donors (Lipinski definition) is 1. The second-order valence-electron chi connectivity index (χ2n) is 8.41. The number of ether oxygens (including phenoxy) is 1. The van der Waals surface area contributed by atoms with Crippen LogP contribution in [-0.4, -0.2) is 23.1 Å². The number of ketones is 1. The molecule has 0 aliphatic carbocycles. The van der Waals surface area contributed by atoms with Gasteiger partial charge in [-0.15, -0.1) is 0 Å². The zero-order valence-electron chi connectivity index (χ0n) is 18.6. The van der Waals surface area contributed by atoms with Crippen LogP contribution in [0.2, 0.25) is 0 Å². The van der Waals surface area contributed by atoms with Gasteiger partial charge < -0.3 is 9.84 Å². The van der Waals surface area contributed by atoms with Gasteiger partial charge in [0.1, 0.15) is 18.0 Å². The van der Waals surface area contributed by atoms with E-state index in [1.807, 2.05) is 32.9 Å². The van der Waals surface area contributed by atoms with E-state index in [4.69, 9.17) is 4.74 Å². The van der Waals surface area contributed by atoms with E-state index in [0.717, 1.165) is 36.0 Å². The molecule has 3 nitrogen and oxygen atoms in total. The average molecular weight is 397 g/mol. The molecule has 1 N–H and O–H groups in total. The first-order valence-corrected chi connectivity index (χ1v) is 10.8. The lowest BCUT2D eigenvalue weighted by molar-refractivity contribution is -0.124. The molecule has 1 heterocycles.